The van der Waals surface area contributed by atoms with Gasteiger partial charge in [0, 0.05) is 17.7 Å². The van der Waals surface area contributed by atoms with Crippen molar-refractivity contribution in [3.63, 3.8) is 0 Å². The average molecular weight is 274 g/mol. The van der Waals surface area contributed by atoms with E-state index in [0.717, 1.165) is 0 Å². The number of hydrogen-bond donors (Lipinski definition) is 0. The Morgan fingerprint density at radius 3 is 2.13 bits per heavy atom. The first kappa shape index (κ1) is 13.8. The first-order valence-corrected chi connectivity index (χ1v) is 5.61. The number of halogens is 1. The van der Waals surface area contributed by atoms with Crippen molar-refractivity contribution in [2.75, 3.05) is 5.33 Å². The highest BCUT2D eigenvalue weighted by Gasteiger charge is 2.07. The Kier molecular flexibility index (Phi) is 6.53. The van der Waals surface area contributed by atoms with Crippen LogP contribution in [0.15, 0.2) is 24.3 Å². The number of nitro benzene ring substituents is 1. The van der Waals surface area contributed by atoms with Crippen LogP contribution >= 0.6 is 15.9 Å². The average Bonchev–Trinajstić information content (AvgIpc) is 2.31. The smallest absolute Gasteiger partial charge is 0.269 e. The molecule has 0 amide bonds. The van der Waals surface area contributed by atoms with Crippen LogP contribution in [-0.4, -0.2) is 16.0 Å². The van der Waals surface area contributed by atoms with E-state index in [1.807, 2.05) is 13.8 Å². The van der Waals surface area contributed by atoms with Crippen molar-refractivity contribution >= 4 is 27.4 Å². The molecule has 0 fully saturated rings. The fourth-order valence-electron chi connectivity index (χ4n) is 0.846. The van der Waals surface area contributed by atoms with Gasteiger partial charge in [0.05, 0.1) is 10.3 Å². The van der Waals surface area contributed by atoms with Gasteiger partial charge in [-0.15, -0.1) is 0 Å². The first-order chi connectivity index (χ1) is 7.15. The van der Waals surface area contributed by atoms with Gasteiger partial charge in [-0.25, -0.2) is 0 Å². The highest BCUT2D eigenvalue weighted by atomic mass is 79.9. The normalized spacial score (nSPS) is 8.73. The van der Waals surface area contributed by atoms with E-state index in [9.17, 15) is 14.9 Å². The summed E-state index contributed by atoms with van der Waals surface area (Å²) < 4.78 is 0. The standard InChI is InChI=1S/C8H6BrNO3.C2H6/c9-5-8(11)6-1-3-7(4-2-6)10(12)13;1-2/h1-4H,5H2;1-2H3. The van der Waals surface area contributed by atoms with Gasteiger partial charge in [0.1, 0.15) is 0 Å². The molecule has 0 heterocycles. The van der Waals surface area contributed by atoms with Crippen molar-refractivity contribution in [1.29, 1.82) is 0 Å². The topological polar surface area (TPSA) is 60.2 Å². The number of Topliss-reactive ketones (excluding diaryl/α,β-unsaturated/α-hetero) is 1. The summed E-state index contributed by atoms with van der Waals surface area (Å²) in [5.41, 5.74) is 0.466. The Balaban J connectivity index is 0.000000921. The minimum absolute atomic E-state index is 0.00822. The molecule has 0 aromatic heterocycles. The van der Waals surface area contributed by atoms with E-state index in [4.69, 9.17) is 0 Å². The Bertz CT molecular complexity index is 335. The van der Waals surface area contributed by atoms with Crippen molar-refractivity contribution in [3.05, 3.63) is 39.9 Å². The van der Waals surface area contributed by atoms with E-state index >= 15 is 0 Å². The lowest BCUT2D eigenvalue weighted by Gasteiger charge is -1.95. The SMILES string of the molecule is CC.O=C(CBr)c1ccc([N+](=O)[O-])cc1. The van der Waals surface area contributed by atoms with E-state index in [0.29, 0.717) is 5.56 Å². The Hall–Kier alpha value is -1.23. The minimum Gasteiger partial charge on any atom is -0.293 e. The van der Waals surface area contributed by atoms with E-state index in [2.05, 4.69) is 15.9 Å². The van der Waals surface area contributed by atoms with Crippen LogP contribution in [0.5, 0.6) is 0 Å². The largest absolute Gasteiger partial charge is 0.293 e. The number of rotatable bonds is 3. The van der Waals surface area contributed by atoms with Crippen molar-refractivity contribution in [1.82, 2.24) is 0 Å². The fraction of sp³-hybridized carbons (Fsp3) is 0.300. The van der Waals surface area contributed by atoms with Crippen LogP contribution < -0.4 is 0 Å². The maximum absolute atomic E-state index is 11.1. The fourth-order valence-corrected chi connectivity index (χ4v) is 1.17. The van der Waals surface area contributed by atoms with Gasteiger partial charge in [0.2, 0.25) is 0 Å². The number of ketones is 1. The van der Waals surface area contributed by atoms with Gasteiger partial charge in [0.15, 0.2) is 5.78 Å². The number of alkyl halides is 1. The number of carbonyl (C=O) groups is 1. The summed E-state index contributed by atoms with van der Waals surface area (Å²) in [5, 5.41) is 10.5. The predicted octanol–water partition coefficient (Wildman–Crippen LogP) is 3.20. The van der Waals surface area contributed by atoms with Crippen molar-refractivity contribution in [2.24, 2.45) is 0 Å². The Morgan fingerprint density at radius 1 is 1.33 bits per heavy atom. The predicted molar refractivity (Wildman–Crippen MR) is 62.6 cm³/mol. The zero-order chi connectivity index (χ0) is 11.8. The zero-order valence-corrected chi connectivity index (χ0v) is 10.2. The second-order valence-electron chi connectivity index (χ2n) is 2.36. The molecule has 1 aromatic rings. The first-order valence-electron chi connectivity index (χ1n) is 4.49. The molecule has 4 nitrogen and oxygen atoms in total. The summed E-state index contributed by atoms with van der Waals surface area (Å²) in [6.07, 6.45) is 0. The Morgan fingerprint density at radius 2 is 1.80 bits per heavy atom. The third-order valence-electron chi connectivity index (χ3n) is 1.52. The molecule has 0 radical (unpaired) electrons. The maximum atomic E-state index is 11.1. The van der Waals surface area contributed by atoms with Gasteiger partial charge in [-0.05, 0) is 12.1 Å². The molecule has 5 heteroatoms. The summed E-state index contributed by atoms with van der Waals surface area (Å²) in [7, 11) is 0. The molecule has 0 aliphatic heterocycles. The zero-order valence-electron chi connectivity index (χ0n) is 8.57. The third kappa shape index (κ3) is 4.20. The van der Waals surface area contributed by atoms with Gasteiger partial charge < -0.3 is 0 Å². The second-order valence-corrected chi connectivity index (χ2v) is 2.92. The van der Waals surface area contributed by atoms with E-state index in [1.165, 1.54) is 24.3 Å². The maximum Gasteiger partial charge on any atom is 0.269 e. The molecule has 15 heavy (non-hydrogen) atoms. The molecule has 0 atom stereocenters. The monoisotopic (exact) mass is 273 g/mol. The lowest BCUT2D eigenvalue weighted by Crippen LogP contribution is -1.99. The number of hydrogen-bond acceptors (Lipinski definition) is 3. The number of nitrogens with zero attached hydrogens (tertiary/aromatic N) is 1. The Labute approximate surface area is 96.6 Å². The van der Waals surface area contributed by atoms with Crippen molar-refractivity contribution in [3.8, 4) is 0 Å². The quantitative estimate of drug-likeness (QED) is 0.368. The summed E-state index contributed by atoms with van der Waals surface area (Å²) >= 11 is 3.02. The van der Waals surface area contributed by atoms with Gasteiger partial charge in [-0.2, -0.15) is 0 Å². The number of non-ortho nitro benzene ring substituents is 1. The van der Waals surface area contributed by atoms with E-state index < -0.39 is 4.92 Å². The number of benzene rings is 1. The molecule has 82 valence electrons. The highest BCUT2D eigenvalue weighted by molar-refractivity contribution is 9.09. The van der Waals surface area contributed by atoms with Crippen molar-refractivity contribution in [2.45, 2.75) is 13.8 Å². The van der Waals surface area contributed by atoms with Gasteiger partial charge in [-0.3, -0.25) is 14.9 Å². The van der Waals surface area contributed by atoms with Crippen LogP contribution in [0.4, 0.5) is 5.69 Å². The summed E-state index contributed by atoms with van der Waals surface area (Å²) in [6, 6.07) is 5.52. The highest BCUT2D eigenvalue weighted by Crippen LogP contribution is 2.12. The van der Waals surface area contributed by atoms with E-state index in [-0.39, 0.29) is 16.8 Å². The number of nitro groups is 1. The van der Waals surface area contributed by atoms with Gasteiger partial charge in [0.25, 0.3) is 5.69 Å². The summed E-state index contributed by atoms with van der Waals surface area (Å²) in [5.74, 6) is -0.0881. The lowest BCUT2D eigenvalue weighted by atomic mass is 10.1. The number of carbonyl (C=O) groups excluding carboxylic acids is 1. The lowest BCUT2D eigenvalue weighted by molar-refractivity contribution is -0.384. The van der Waals surface area contributed by atoms with Crippen LogP contribution in [0, 0.1) is 10.1 Å². The van der Waals surface area contributed by atoms with E-state index in [1.54, 1.807) is 0 Å². The van der Waals surface area contributed by atoms with Crippen LogP contribution in [0.25, 0.3) is 0 Å². The molecular weight excluding hydrogens is 262 g/mol. The summed E-state index contributed by atoms with van der Waals surface area (Å²) in [6.45, 7) is 4.00. The molecule has 0 spiro atoms. The van der Waals surface area contributed by atoms with Crippen LogP contribution in [-0.2, 0) is 0 Å². The van der Waals surface area contributed by atoms with Crippen LogP contribution in [0.1, 0.15) is 24.2 Å². The van der Waals surface area contributed by atoms with Gasteiger partial charge >= 0.3 is 0 Å². The molecule has 0 bridgehead atoms. The van der Waals surface area contributed by atoms with Crippen molar-refractivity contribution < 1.29 is 9.72 Å². The molecule has 0 unspecified atom stereocenters. The molecular formula is C10H12BrNO3. The van der Waals surface area contributed by atoms with Crippen LogP contribution in [0.3, 0.4) is 0 Å². The second kappa shape index (κ2) is 7.11. The minimum atomic E-state index is -0.498. The molecule has 0 aliphatic rings. The summed E-state index contributed by atoms with van der Waals surface area (Å²) in [4.78, 5) is 20.8. The molecule has 1 aromatic carbocycles. The van der Waals surface area contributed by atoms with Crippen LogP contribution in [0.2, 0.25) is 0 Å². The molecule has 0 aliphatic carbocycles. The molecule has 1 rings (SSSR count). The molecule has 0 saturated carbocycles. The van der Waals surface area contributed by atoms with Gasteiger partial charge in [-0.1, -0.05) is 29.8 Å². The third-order valence-corrected chi connectivity index (χ3v) is 2.03. The molecule has 0 saturated heterocycles. The molecule has 0 N–H and O–H groups in total.